The zero-order valence-corrected chi connectivity index (χ0v) is 13.2. The van der Waals surface area contributed by atoms with Gasteiger partial charge in [0.1, 0.15) is 0 Å². The Labute approximate surface area is 137 Å². The van der Waals surface area contributed by atoms with Crippen molar-refractivity contribution in [2.45, 2.75) is 38.1 Å². The Balaban J connectivity index is 1.86. The van der Waals surface area contributed by atoms with E-state index < -0.39 is 0 Å². The molecule has 0 bridgehead atoms. The van der Waals surface area contributed by atoms with E-state index in [1.165, 1.54) is 23.4 Å². The third-order valence-electron chi connectivity index (χ3n) is 4.98. The highest BCUT2D eigenvalue weighted by Crippen LogP contribution is 2.43. The van der Waals surface area contributed by atoms with Crippen LogP contribution in [0.5, 0.6) is 0 Å². The summed E-state index contributed by atoms with van der Waals surface area (Å²) in [6.07, 6.45) is 4.86. The first-order valence-corrected chi connectivity index (χ1v) is 8.49. The smallest absolute Gasteiger partial charge is 0.163 e. The summed E-state index contributed by atoms with van der Waals surface area (Å²) < 4.78 is 0. The molecule has 0 spiro atoms. The molecule has 0 aromatic heterocycles. The predicted molar refractivity (Wildman–Crippen MR) is 93.2 cm³/mol. The van der Waals surface area contributed by atoms with Gasteiger partial charge < -0.3 is 4.90 Å². The fourth-order valence-electron chi connectivity index (χ4n) is 3.90. The number of carbonyl (C=O) groups excluding carboxylic acids is 1. The number of hydrogen-bond acceptors (Lipinski definition) is 2. The summed E-state index contributed by atoms with van der Waals surface area (Å²) in [4.78, 5) is 15.1. The molecule has 1 unspecified atom stereocenters. The van der Waals surface area contributed by atoms with E-state index in [1.807, 2.05) is 12.1 Å². The number of nitrogens with zero attached hydrogens (tertiary/aromatic N) is 1. The Morgan fingerprint density at radius 2 is 1.48 bits per heavy atom. The largest absolute Gasteiger partial charge is 0.337 e. The van der Waals surface area contributed by atoms with Crippen LogP contribution in [0.2, 0.25) is 0 Å². The number of anilines is 1. The maximum atomic E-state index is 12.7. The van der Waals surface area contributed by atoms with Gasteiger partial charge in [0.2, 0.25) is 0 Å². The van der Waals surface area contributed by atoms with E-state index >= 15 is 0 Å². The van der Waals surface area contributed by atoms with E-state index in [9.17, 15) is 4.79 Å². The first-order chi connectivity index (χ1) is 11.3. The number of hydrogen-bond donors (Lipinski definition) is 0. The van der Waals surface area contributed by atoms with Crippen molar-refractivity contribution in [3.8, 4) is 0 Å². The molecule has 2 aromatic rings. The second kappa shape index (κ2) is 6.04. The van der Waals surface area contributed by atoms with Crippen molar-refractivity contribution >= 4 is 11.5 Å². The van der Waals surface area contributed by atoms with Crippen molar-refractivity contribution in [1.82, 2.24) is 0 Å². The number of para-hydroxylation sites is 1. The summed E-state index contributed by atoms with van der Waals surface area (Å²) in [7, 11) is 0. The van der Waals surface area contributed by atoms with Gasteiger partial charge in [0.25, 0.3) is 0 Å². The van der Waals surface area contributed by atoms with Gasteiger partial charge in [-0.2, -0.15) is 0 Å². The first-order valence-electron chi connectivity index (χ1n) is 8.49. The molecule has 0 radical (unpaired) electrons. The van der Waals surface area contributed by atoms with Gasteiger partial charge in [0.15, 0.2) is 5.78 Å². The second-order valence-corrected chi connectivity index (χ2v) is 6.39. The van der Waals surface area contributed by atoms with Gasteiger partial charge >= 0.3 is 0 Å². The van der Waals surface area contributed by atoms with E-state index in [0.717, 1.165) is 24.8 Å². The Morgan fingerprint density at radius 1 is 0.826 bits per heavy atom. The van der Waals surface area contributed by atoms with Crippen molar-refractivity contribution in [2.75, 3.05) is 4.90 Å². The van der Waals surface area contributed by atoms with Crippen LogP contribution in [0.15, 0.2) is 71.9 Å². The quantitative estimate of drug-likeness (QED) is 0.775. The average molecular weight is 303 g/mol. The van der Waals surface area contributed by atoms with Gasteiger partial charge in [-0.15, -0.1) is 0 Å². The van der Waals surface area contributed by atoms with Gasteiger partial charge in [0, 0.05) is 23.4 Å². The zero-order valence-electron chi connectivity index (χ0n) is 13.2. The number of allylic oxidation sites excluding steroid dienone is 2. The first kappa shape index (κ1) is 14.3. The molecule has 0 fully saturated rings. The number of benzene rings is 2. The monoisotopic (exact) mass is 303 g/mol. The molecule has 0 saturated carbocycles. The molecule has 1 heterocycles. The lowest BCUT2D eigenvalue weighted by Gasteiger charge is -2.42. The molecule has 116 valence electrons. The summed E-state index contributed by atoms with van der Waals surface area (Å²) >= 11 is 0. The summed E-state index contributed by atoms with van der Waals surface area (Å²) in [5.41, 5.74) is 4.75. The molecule has 1 atom stereocenters. The van der Waals surface area contributed by atoms with Gasteiger partial charge in [-0.05, 0) is 43.4 Å². The van der Waals surface area contributed by atoms with Gasteiger partial charge in [-0.25, -0.2) is 0 Å². The van der Waals surface area contributed by atoms with Crippen LogP contribution in [0, 0.1) is 0 Å². The summed E-state index contributed by atoms with van der Waals surface area (Å²) in [6.45, 7) is 0. The van der Waals surface area contributed by atoms with Crippen molar-refractivity contribution in [3.63, 3.8) is 0 Å². The van der Waals surface area contributed by atoms with Crippen LogP contribution >= 0.6 is 0 Å². The third-order valence-corrected chi connectivity index (χ3v) is 4.98. The molecule has 23 heavy (non-hydrogen) atoms. The summed E-state index contributed by atoms with van der Waals surface area (Å²) in [6, 6.07) is 21.1. The summed E-state index contributed by atoms with van der Waals surface area (Å²) in [5, 5.41) is 0. The van der Waals surface area contributed by atoms with E-state index in [2.05, 4.69) is 53.4 Å². The molecule has 2 nitrogen and oxygen atoms in total. The van der Waals surface area contributed by atoms with E-state index in [4.69, 9.17) is 0 Å². The topological polar surface area (TPSA) is 20.3 Å². The van der Waals surface area contributed by atoms with Crippen LogP contribution in [0.4, 0.5) is 5.69 Å². The maximum absolute atomic E-state index is 12.7. The van der Waals surface area contributed by atoms with E-state index in [0.29, 0.717) is 12.2 Å². The highest BCUT2D eigenvalue weighted by molar-refractivity contribution is 5.99. The maximum Gasteiger partial charge on any atom is 0.163 e. The van der Waals surface area contributed by atoms with Gasteiger partial charge in [-0.3, -0.25) is 4.79 Å². The predicted octanol–water partition coefficient (Wildman–Crippen LogP) is 5.04. The minimum atomic E-state index is 0.114. The zero-order chi connectivity index (χ0) is 15.6. The van der Waals surface area contributed by atoms with Gasteiger partial charge in [0.05, 0.1) is 6.04 Å². The molecule has 1 aliphatic carbocycles. The molecule has 4 rings (SSSR count). The number of carbonyl (C=O) groups is 1. The minimum Gasteiger partial charge on any atom is -0.337 e. The molecule has 0 amide bonds. The molecule has 2 aliphatic rings. The second-order valence-electron chi connectivity index (χ2n) is 6.39. The average Bonchev–Trinajstić information content (AvgIpc) is 2.63. The van der Waals surface area contributed by atoms with Gasteiger partial charge in [-0.1, -0.05) is 48.5 Å². The standard InChI is InChI=1S/C21H21NO/c23-21-15-20(16-9-3-1-4-10-16)22(17-11-5-2-6-12-17)19-14-8-7-13-18(19)21/h1-6,9-12,20H,7-8,13-15H2. The van der Waals surface area contributed by atoms with Crippen molar-refractivity contribution in [2.24, 2.45) is 0 Å². The normalized spacial score (nSPS) is 21.3. The van der Waals surface area contributed by atoms with Crippen molar-refractivity contribution in [3.05, 3.63) is 77.5 Å². The molecule has 1 aliphatic heterocycles. The number of ketones is 1. The van der Waals surface area contributed by atoms with E-state index in [1.54, 1.807) is 0 Å². The fraction of sp³-hybridized carbons (Fsp3) is 0.286. The minimum absolute atomic E-state index is 0.114. The lowest BCUT2D eigenvalue weighted by atomic mass is 9.83. The molecule has 2 heteroatoms. The van der Waals surface area contributed by atoms with Crippen LogP contribution in [0.1, 0.15) is 43.7 Å². The number of Topliss-reactive ketones (excluding diaryl/α,β-unsaturated/α-hetero) is 1. The SMILES string of the molecule is O=C1CC(c2ccccc2)N(c2ccccc2)C2=C1CCCC2. The molecule has 2 aromatic carbocycles. The Kier molecular flexibility index (Phi) is 3.74. The molecular formula is C21H21NO. The molecular weight excluding hydrogens is 282 g/mol. The van der Waals surface area contributed by atoms with Crippen LogP contribution in [-0.2, 0) is 4.79 Å². The fourth-order valence-corrected chi connectivity index (χ4v) is 3.90. The lowest BCUT2D eigenvalue weighted by Crippen LogP contribution is -2.37. The molecule has 0 N–H and O–H groups in total. The third kappa shape index (κ3) is 2.59. The van der Waals surface area contributed by atoms with Crippen LogP contribution in [0.3, 0.4) is 0 Å². The summed E-state index contributed by atoms with van der Waals surface area (Å²) in [5.74, 6) is 0.348. The van der Waals surface area contributed by atoms with Crippen LogP contribution < -0.4 is 4.90 Å². The van der Waals surface area contributed by atoms with Crippen LogP contribution in [-0.4, -0.2) is 5.78 Å². The Hall–Kier alpha value is -2.35. The van der Waals surface area contributed by atoms with Crippen molar-refractivity contribution < 1.29 is 4.79 Å². The Bertz CT molecular complexity index is 733. The highest BCUT2D eigenvalue weighted by atomic mass is 16.1. The Morgan fingerprint density at radius 3 is 2.22 bits per heavy atom. The van der Waals surface area contributed by atoms with Crippen LogP contribution in [0.25, 0.3) is 0 Å². The highest BCUT2D eigenvalue weighted by Gasteiger charge is 2.35. The number of rotatable bonds is 2. The van der Waals surface area contributed by atoms with Crippen molar-refractivity contribution in [1.29, 1.82) is 0 Å². The van der Waals surface area contributed by atoms with E-state index in [-0.39, 0.29) is 6.04 Å². The lowest BCUT2D eigenvalue weighted by molar-refractivity contribution is -0.116. The molecule has 0 saturated heterocycles.